The zero-order chi connectivity index (χ0) is 15.7. The van der Waals surface area contributed by atoms with Crippen LogP contribution in [0.4, 0.5) is 0 Å². The van der Waals surface area contributed by atoms with Gasteiger partial charge in [0.1, 0.15) is 5.75 Å². The van der Waals surface area contributed by atoms with Gasteiger partial charge in [0.25, 0.3) is 0 Å². The molecule has 2 unspecified atom stereocenters. The number of hydrogen-bond donors (Lipinski definition) is 2. The summed E-state index contributed by atoms with van der Waals surface area (Å²) in [5, 5.41) is 3.37. The molecular weight excluding hydrogens is 290 g/mol. The highest BCUT2D eigenvalue weighted by molar-refractivity contribution is 5.78. The molecule has 0 amide bonds. The molecule has 3 N–H and O–H groups in total. The fraction of sp³-hybridized carbons (Fsp3) is 0.611. The first kappa shape index (κ1) is 14.8. The van der Waals surface area contributed by atoms with E-state index in [9.17, 15) is 0 Å². The van der Waals surface area contributed by atoms with E-state index in [0.717, 1.165) is 31.9 Å². The molecule has 2 heterocycles. The number of fused-ring (bicyclic) bond motifs is 1. The monoisotopic (exact) mass is 315 g/mol. The number of aliphatic imine (C=N–C) groups is 1. The molecule has 1 saturated carbocycles. The maximum atomic E-state index is 6.13. The third-order valence-corrected chi connectivity index (χ3v) is 5.61. The molecule has 1 saturated heterocycles. The molecule has 0 aromatic heterocycles. The number of hydrogen-bond acceptors (Lipinski definition) is 3. The highest BCUT2D eigenvalue weighted by Crippen LogP contribution is 2.59. The summed E-state index contributed by atoms with van der Waals surface area (Å²) in [6.07, 6.45) is 4.58. The van der Waals surface area contributed by atoms with E-state index >= 15 is 0 Å². The molecule has 2 fully saturated rings. The van der Waals surface area contributed by atoms with Gasteiger partial charge in [0.05, 0.1) is 12.6 Å². The minimum absolute atomic E-state index is 0.194. The largest absolute Gasteiger partial charge is 0.493 e. The van der Waals surface area contributed by atoms with Crippen molar-refractivity contribution in [2.75, 3.05) is 26.4 Å². The van der Waals surface area contributed by atoms with Crippen molar-refractivity contribution in [3.05, 3.63) is 29.8 Å². The van der Waals surface area contributed by atoms with Crippen LogP contribution in [0.1, 0.15) is 37.3 Å². The standard InChI is InChI=1S/C18H25N3O2/c19-17(20-12-13-11-18(13)6-9-22-10-7-18)21-15-5-8-23-16-4-2-1-3-14(15)16/h1-4,13,15H,5-12H2,(H3,19,20,21). The minimum Gasteiger partial charge on any atom is -0.493 e. The van der Waals surface area contributed by atoms with Gasteiger partial charge in [-0.2, -0.15) is 0 Å². The lowest BCUT2D eigenvalue weighted by Gasteiger charge is -2.27. The topological polar surface area (TPSA) is 68.9 Å². The number of nitrogens with two attached hydrogens (primary N) is 1. The van der Waals surface area contributed by atoms with E-state index in [1.165, 1.54) is 24.8 Å². The van der Waals surface area contributed by atoms with Crippen molar-refractivity contribution in [2.45, 2.75) is 31.7 Å². The summed E-state index contributed by atoms with van der Waals surface area (Å²) in [6, 6.07) is 8.33. The highest BCUT2D eigenvalue weighted by atomic mass is 16.5. The van der Waals surface area contributed by atoms with Crippen molar-refractivity contribution in [3.8, 4) is 5.75 Å². The number of nitrogens with zero attached hydrogens (tertiary/aromatic N) is 1. The van der Waals surface area contributed by atoms with E-state index in [0.29, 0.717) is 23.9 Å². The van der Waals surface area contributed by atoms with Crippen molar-refractivity contribution in [1.82, 2.24) is 5.32 Å². The fourth-order valence-electron chi connectivity index (χ4n) is 4.00. The number of guanidine groups is 1. The maximum Gasteiger partial charge on any atom is 0.189 e. The first-order valence-corrected chi connectivity index (χ1v) is 8.63. The van der Waals surface area contributed by atoms with Crippen LogP contribution in [0.3, 0.4) is 0 Å². The van der Waals surface area contributed by atoms with Gasteiger partial charge in [-0.25, -0.2) is 0 Å². The van der Waals surface area contributed by atoms with Crippen molar-refractivity contribution in [2.24, 2.45) is 22.1 Å². The Bertz CT molecular complexity index is 596. The van der Waals surface area contributed by atoms with Crippen LogP contribution < -0.4 is 15.8 Å². The molecule has 1 spiro atoms. The van der Waals surface area contributed by atoms with Crippen LogP contribution in [0.25, 0.3) is 0 Å². The van der Waals surface area contributed by atoms with Gasteiger partial charge in [0.2, 0.25) is 0 Å². The van der Waals surface area contributed by atoms with Crippen LogP contribution in [0.5, 0.6) is 5.75 Å². The molecule has 5 heteroatoms. The number of rotatable bonds is 3. The van der Waals surface area contributed by atoms with Gasteiger partial charge in [0.15, 0.2) is 5.96 Å². The molecule has 0 radical (unpaired) electrons. The second-order valence-corrected chi connectivity index (χ2v) is 6.97. The number of benzene rings is 1. The van der Waals surface area contributed by atoms with Crippen LogP contribution in [0.2, 0.25) is 0 Å². The van der Waals surface area contributed by atoms with Gasteiger partial charge >= 0.3 is 0 Å². The summed E-state index contributed by atoms with van der Waals surface area (Å²) < 4.78 is 11.2. The SMILES string of the molecule is NC(=NCC1CC12CCOCC2)NC1CCOc2ccccc21. The van der Waals surface area contributed by atoms with Gasteiger partial charge in [-0.3, -0.25) is 4.99 Å². The summed E-state index contributed by atoms with van der Waals surface area (Å²) in [4.78, 5) is 4.60. The third kappa shape index (κ3) is 3.02. The summed E-state index contributed by atoms with van der Waals surface area (Å²) in [5.74, 6) is 2.20. The average molecular weight is 315 g/mol. The van der Waals surface area contributed by atoms with E-state index < -0.39 is 0 Å². The quantitative estimate of drug-likeness (QED) is 0.663. The molecule has 5 nitrogen and oxygen atoms in total. The van der Waals surface area contributed by atoms with Crippen LogP contribution >= 0.6 is 0 Å². The Morgan fingerprint density at radius 2 is 2.09 bits per heavy atom. The van der Waals surface area contributed by atoms with E-state index in [1.54, 1.807) is 0 Å². The second kappa shape index (κ2) is 6.04. The molecular formula is C18H25N3O2. The molecule has 23 heavy (non-hydrogen) atoms. The van der Waals surface area contributed by atoms with Gasteiger partial charge < -0.3 is 20.5 Å². The van der Waals surface area contributed by atoms with Gasteiger partial charge in [-0.05, 0) is 36.7 Å². The predicted molar refractivity (Wildman–Crippen MR) is 89.5 cm³/mol. The van der Waals surface area contributed by atoms with E-state index in [1.807, 2.05) is 18.2 Å². The molecule has 2 atom stereocenters. The van der Waals surface area contributed by atoms with Gasteiger partial charge in [0, 0.05) is 31.7 Å². The van der Waals surface area contributed by atoms with E-state index in [-0.39, 0.29) is 6.04 Å². The van der Waals surface area contributed by atoms with Crippen molar-refractivity contribution in [3.63, 3.8) is 0 Å². The predicted octanol–water partition coefficient (Wildman–Crippen LogP) is 2.23. The Morgan fingerprint density at radius 3 is 2.96 bits per heavy atom. The molecule has 2 aliphatic heterocycles. The summed E-state index contributed by atoms with van der Waals surface area (Å²) in [5.41, 5.74) is 7.81. The average Bonchev–Trinajstić information content (AvgIpc) is 3.25. The number of ether oxygens (including phenoxy) is 2. The highest BCUT2D eigenvalue weighted by Gasteiger charge is 2.53. The van der Waals surface area contributed by atoms with Crippen molar-refractivity contribution < 1.29 is 9.47 Å². The second-order valence-electron chi connectivity index (χ2n) is 6.97. The van der Waals surface area contributed by atoms with Crippen molar-refractivity contribution >= 4 is 5.96 Å². The molecule has 0 bridgehead atoms. The minimum atomic E-state index is 0.194. The Balaban J connectivity index is 1.35. The lowest BCUT2D eigenvalue weighted by atomic mass is 9.94. The summed E-state index contributed by atoms with van der Waals surface area (Å²) in [7, 11) is 0. The molecule has 4 rings (SSSR count). The summed E-state index contributed by atoms with van der Waals surface area (Å²) in [6.45, 7) is 3.37. The molecule has 1 aromatic carbocycles. The molecule has 3 aliphatic rings. The van der Waals surface area contributed by atoms with Crippen LogP contribution in [-0.4, -0.2) is 32.3 Å². The lowest BCUT2D eigenvalue weighted by molar-refractivity contribution is 0.0525. The first-order chi connectivity index (χ1) is 11.3. The van der Waals surface area contributed by atoms with Gasteiger partial charge in [-0.15, -0.1) is 0 Å². The van der Waals surface area contributed by atoms with Crippen LogP contribution in [0.15, 0.2) is 29.3 Å². The Kier molecular flexibility index (Phi) is 3.89. The fourth-order valence-corrected chi connectivity index (χ4v) is 4.00. The van der Waals surface area contributed by atoms with Crippen LogP contribution in [-0.2, 0) is 4.74 Å². The number of para-hydroxylation sites is 1. The first-order valence-electron chi connectivity index (χ1n) is 8.63. The smallest absolute Gasteiger partial charge is 0.189 e. The normalized spacial score (nSPS) is 28.8. The Labute approximate surface area is 137 Å². The molecule has 124 valence electrons. The Hall–Kier alpha value is -1.75. The molecule has 1 aliphatic carbocycles. The Morgan fingerprint density at radius 1 is 1.26 bits per heavy atom. The van der Waals surface area contributed by atoms with Crippen LogP contribution in [0, 0.1) is 11.3 Å². The maximum absolute atomic E-state index is 6.13. The lowest BCUT2D eigenvalue weighted by Crippen LogP contribution is -2.37. The van der Waals surface area contributed by atoms with E-state index in [4.69, 9.17) is 15.2 Å². The third-order valence-electron chi connectivity index (χ3n) is 5.61. The van der Waals surface area contributed by atoms with E-state index in [2.05, 4.69) is 16.4 Å². The zero-order valence-electron chi connectivity index (χ0n) is 13.5. The zero-order valence-corrected chi connectivity index (χ0v) is 13.5. The molecule has 1 aromatic rings. The van der Waals surface area contributed by atoms with Gasteiger partial charge in [-0.1, -0.05) is 18.2 Å². The summed E-state index contributed by atoms with van der Waals surface area (Å²) >= 11 is 0. The van der Waals surface area contributed by atoms with Crippen molar-refractivity contribution in [1.29, 1.82) is 0 Å². The number of nitrogens with one attached hydrogen (secondary N) is 1.